The Morgan fingerprint density at radius 3 is 2.47 bits per heavy atom. The second kappa shape index (κ2) is 5.08. The van der Waals surface area contributed by atoms with Crippen molar-refractivity contribution in [3.63, 3.8) is 0 Å². The SMILES string of the molecule is N#Cc1cc(S)cc(OC(F)F)c1S(=O)(=O)Cl. The van der Waals surface area contributed by atoms with Crippen LogP contribution in [0.25, 0.3) is 0 Å². The van der Waals surface area contributed by atoms with Crippen molar-refractivity contribution in [3.05, 3.63) is 17.7 Å². The van der Waals surface area contributed by atoms with Crippen molar-refractivity contribution in [2.75, 3.05) is 0 Å². The van der Waals surface area contributed by atoms with Crippen molar-refractivity contribution in [2.24, 2.45) is 0 Å². The first-order valence-corrected chi connectivity index (χ1v) is 6.68. The van der Waals surface area contributed by atoms with Crippen LogP contribution in [0.5, 0.6) is 5.75 Å². The largest absolute Gasteiger partial charge is 0.433 e. The van der Waals surface area contributed by atoms with E-state index in [-0.39, 0.29) is 4.90 Å². The lowest BCUT2D eigenvalue weighted by atomic mass is 10.2. The third-order valence-electron chi connectivity index (χ3n) is 1.62. The molecule has 0 bridgehead atoms. The van der Waals surface area contributed by atoms with Crippen LogP contribution in [0, 0.1) is 11.3 Å². The van der Waals surface area contributed by atoms with E-state index in [0.717, 1.165) is 12.1 Å². The summed E-state index contributed by atoms with van der Waals surface area (Å²) in [5.74, 6) is -0.709. The molecule has 0 heterocycles. The van der Waals surface area contributed by atoms with Crippen LogP contribution in [-0.4, -0.2) is 15.0 Å². The normalized spacial score (nSPS) is 11.3. The van der Waals surface area contributed by atoms with Gasteiger partial charge in [-0.15, -0.1) is 12.6 Å². The first-order valence-electron chi connectivity index (χ1n) is 3.92. The van der Waals surface area contributed by atoms with Crippen molar-refractivity contribution in [1.82, 2.24) is 0 Å². The molecule has 0 aromatic heterocycles. The molecule has 0 unspecified atom stereocenters. The number of rotatable bonds is 3. The smallest absolute Gasteiger partial charge is 0.387 e. The van der Waals surface area contributed by atoms with Gasteiger partial charge in [0, 0.05) is 15.6 Å². The van der Waals surface area contributed by atoms with Gasteiger partial charge in [0.25, 0.3) is 9.05 Å². The van der Waals surface area contributed by atoms with Gasteiger partial charge in [0.1, 0.15) is 16.7 Å². The summed E-state index contributed by atoms with van der Waals surface area (Å²) < 4.78 is 50.6. The lowest BCUT2D eigenvalue weighted by Gasteiger charge is -2.10. The number of hydrogen-bond donors (Lipinski definition) is 1. The van der Waals surface area contributed by atoms with Crippen molar-refractivity contribution in [1.29, 1.82) is 5.26 Å². The van der Waals surface area contributed by atoms with Gasteiger partial charge in [0.2, 0.25) is 0 Å². The van der Waals surface area contributed by atoms with E-state index in [0.29, 0.717) is 0 Å². The second-order valence-corrected chi connectivity index (χ2v) is 5.77. The van der Waals surface area contributed by atoms with Crippen LogP contribution < -0.4 is 4.74 Å². The Bertz CT molecular complexity index is 583. The highest BCUT2D eigenvalue weighted by Gasteiger charge is 2.24. The summed E-state index contributed by atoms with van der Waals surface area (Å²) >= 11 is 3.83. The molecule has 0 spiro atoms. The molecule has 4 nitrogen and oxygen atoms in total. The summed E-state index contributed by atoms with van der Waals surface area (Å²) in [5.41, 5.74) is -0.414. The van der Waals surface area contributed by atoms with Crippen LogP contribution in [0.4, 0.5) is 8.78 Å². The summed E-state index contributed by atoms with van der Waals surface area (Å²) in [7, 11) is 0.674. The zero-order valence-corrected chi connectivity index (χ0v) is 10.4. The number of hydrogen-bond acceptors (Lipinski definition) is 5. The minimum absolute atomic E-state index is 0.0984. The minimum atomic E-state index is -4.38. The van der Waals surface area contributed by atoms with Crippen molar-refractivity contribution >= 4 is 32.4 Å². The molecule has 1 aromatic rings. The third kappa shape index (κ3) is 3.46. The Balaban J connectivity index is 3.58. The third-order valence-corrected chi connectivity index (χ3v) is 3.25. The fourth-order valence-electron chi connectivity index (χ4n) is 1.11. The van der Waals surface area contributed by atoms with Gasteiger partial charge in [0.15, 0.2) is 0 Å². The van der Waals surface area contributed by atoms with Crippen molar-refractivity contribution in [2.45, 2.75) is 16.4 Å². The number of nitrogens with zero attached hydrogens (tertiary/aromatic N) is 1. The molecule has 1 aromatic carbocycles. The van der Waals surface area contributed by atoms with E-state index in [9.17, 15) is 17.2 Å². The van der Waals surface area contributed by atoms with Gasteiger partial charge in [-0.1, -0.05) is 0 Å². The minimum Gasteiger partial charge on any atom is -0.433 e. The first kappa shape index (κ1) is 14.0. The fraction of sp³-hybridized carbons (Fsp3) is 0.125. The highest BCUT2D eigenvalue weighted by Crippen LogP contribution is 2.33. The number of nitriles is 1. The molecule has 9 heteroatoms. The van der Waals surface area contributed by atoms with Crippen LogP contribution in [0.15, 0.2) is 21.9 Å². The van der Waals surface area contributed by atoms with Crippen molar-refractivity contribution in [3.8, 4) is 11.8 Å². The van der Waals surface area contributed by atoms with Crippen LogP contribution in [-0.2, 0) is 9.05 Å². The molecule has 0 radical (unpaired) electrons. The summed E-state index contributed by atoms with van der Waals surface area (Å²) in [6, 6.07) is 3.54. The second-order valence-electron chi connectivity index (χ2n) is 2.75. The van der Waals surface area contributed by atoms with Gasteiger partial charge in [0.05, 0.1) is 5.56 Å². The van der Waals surface area contributed by atoms with Crippen LogP contribution in [0.2, 0.25) is 0 Å². The predicted molar refractivity (Wildman–Crippen MR) is 58.1 cm³/mol. The Morgan fingerprint density at radius 1 is 1.47 bits per heavy atom. The quantitative estimate of drug-likeness (QED) is 0.687. The average Bonchev–Trinajstić information content (AvgIpc) is 2.13. The van der Waals surface area contributed by atoms with E-state index in [1.807, 2.05) is 0 Å². The van der Waals surface area contributed by atoms with Crippen molar-refractivity contribution < 1.29 is 21.9 Å². The molecule has 0 aliphatic carbocycles. The number of alkyl halides is 2. The molecule has 17 heavy (non-hydrogen) atoms. The number of halogens is 3. The number of benzene rings is 1. The monoisotopic (exact) mass is 299 g/mol. The average molecular weight is 300 g/mol. The summed E-state index contributed by atoms with van der Waals surface area (Å²) in [6.07, 6.45) is 0. The Kier molecular flexibility index (Phi) is 4.19. The molecule has 0 aliphatic rings. The van der Waals surface area contributed by atoms with Gasteiger partial charge in [-0.2, -0.15) is 14.0 Å². The zero-order valence-electron chi connectivity index (χ0n) is 7.89. The molecule has 92 valence electrons. The molecule has 0 saturated heterocycles. The van der Waals surface area contributed by atoms with E-state index < -0.39 is 31.9 Å². The Labute approximate surface area is 106 Å². The molecule has 0 aliphatic heterocycles. The molecular weight excluding hydrogens is 296 g/mol. The van der Waals surface area contributed by atoms with Gasteiger partial charge in [-0.25, -0.2) is 8.42 Å². The van der Waals surface area contributed by atoms with E-state index in [4.69, 9.17) is 15.9 Å². The molecule has 0 saturated carbocycles. The van der Waals surface area contributed by atoms with Crippen LogP contribution >= 0.6 is 23.3 Å². The molecule has 0 amide bonds. The first-order chi connectivity index (χ1) is 7.75. The molecule has 0 fully saturated rings. The Morgan fingerprint density at radius 2 is 2.06 bits per heavy atom. The number of ether oxygens (including phenoxy) is 1. The van der Waals surface area contributed by atoms with E-state index in [1.165, 1.54) is 6.07 Å². The molecule has 0 N–H and O–H groups in total. The standard InChI is InChI=1S/C8H4ClF2NO3S2/c9-17(13,14)7-4(3-12)1-5(16)2-6(7)15-8(10)11/h1-2,8,16H. The maximum Gasteiger partial charge on any atom is 0.387 e. The number of thiol groups is 1. The molecule has 0 atom stereocenters. The van der Waals surface area contributed by atoms with Gasteiger partial charge < -0.3 is 4.74 Å². The van der Waals surface area contributed by atoms with E-state index in [2.05, 4.69) is 17.4 Å². The van der Waals surface area contributed by atoms with E-state index in [1.54, 1.807) is 0 Å². The molecular formula is C8H4ClF2NO3S2. The lowest BCUT2D eigenvalue weighted by molar-refractivity contribution is -0.0518. The fourth-order valence-corrected chi connectivity index (χ4v) is 2.54. The summed E-state index contributed by atoms with van der Waals surface area (Å²) in [6.45, 7) is -3.24. The predicted octanol–water partition coefficient (Wildman–Crippen LogP) is 2.38. The van der Waals surface area contributed by atoms with Gasteiger partial charge >= 0.3 is 6.61 Å². The highest BCUT2D eigenvalue weighted by atomic mass is 35.7. The lowest BCUT2D eigenvalue weighted by Crippen LogP contribution is -2.07. The van der Waals surface area contributed by atoms with E-state index >= 15 is 0 Å². The summed E-state index contributed by atoms with van der Waals surface area (Å²) in [4.78, 5) is -0.693. The van der Waals surface area contributed by atoms with Gasteiger partial charge in [-0.3, -0.25) is 0 Å². The van der Waals surface area contributed by atoms with Crippen LogP contribution in [0.1, 0.15) is 5.56 Å². The Hall–Kier alpha value is -1.04. The van der Waals surface area contributed by atoms with Gasteiger partial charge in [-0.05, 0) is 12.1 Å². The highest BCUT2D eigenvalue weighted by molar-refractivity contribution is 8.13. The maximum atomic E-state index is 12.1. The zero-order chi connectivity index (χ0) is 13.2. The summed E-state index contributed by atoms with van der Waals surface area (Å²) in [5, 5.41) is 8.71. The van der Waals surface area contributed by atoms with Crippen LogP contribution in [0.3, 0.4) is 0 Å². The molecule has 1 rings (SSSR count). The maximum absolute atomic E-state index is 12.1. The topological polar surface area (TPSA) is 67.2 Å².